The maximum atomic E-state index is 11.8. The third-order valence-corrected chi connectivity index (χ3v) is 3.63. The number of likely N-dealkylation sites (tertiary alicyclic amines) is 1. The SMILES string of the molecule is CO[C@H]1C[C@@H](CO)N(CCC(=O)N(C)CCC#N)C1. The highest BCUT2D eigenvalue weighted by molar-refractivity contribution is 5.76. The largest absolute Gasteiger partial charge is 0.395 e. The van der Waals surface area contributed by atoms with Crippen LogP contribution in [0.4, 0.5) is 0 Å². The summed E-state index contributed by atoms with van der Waals surface area (Å²) in [6.07, 6.45) is 1.72. The number of aliphatic hydroxyl groups excluding tert-OH is 1. The summed E-state index contributed by atoms with van der Waals surface area (Å²) in [5, 5.41) is 17.8. The quantitative estimate of drug-likeness (QED) is 0.694. The van der Waals surface area contributed by atoms with Gasteiger partial charge in [0, 0.05) is 46.3 Å². The molecule has 2 atom stereocenters. The predicted molar refractivity (Wildman–Crippen MR) is 70.3 cm³/mol. The molecule has 0 spiro atoms. The third kappa shape index (κ3) is 4.78. The van der Waals surface area contributed by atoms with E-state index in [2.05, 4.69) is 4.90 Å². The minimum Gasteiger partial charge on any atom is -0.395 e. The molecule has 1 N–H and O–H groups in total. The van der Waals surface area contributed by atoms with Gasteiger partial charge in [-0.05, 0) is 6.42 Å². The van der Waals surface area contributed by atoms with Gasteiger partial charge in [0.15, 0.2) is 0 Å². The number of nitrogens with zero attached hydrogens (tertiary/aromatic N) is 3. The van der Waals surface area contributed by atoms with Gasteiger partial charge < -0.3 is 14.7 Å². The zero-order valence-corrected chi connectivity index (χ0v) is 11.7. The molecule has 6 heteroatoms. The molecule has 0 bridgehead atoms. The molecule has 1 aliphatic rings. The summed E-state index contributed by atoms with van der Waals surface area (Å²) in [6.45, 7) is 1.95. The molecule has 1 heterocycles. The minimum absolute atomic E-state index is 0.0350. The van der Waals surface area contributed by atoms with E-state index in [0.717, 1.165) is 13.0 Å². The van der Waals surface area contributed by atoms with Crippen LogP contribution in [-0.2, 0) is 9.53 Å². The number of rotatable bonds is 7. The van der Waals surface area contributed by atoms with Crippen LogP contribution in [0.1, 0.15) is 19.3 Å². The average molecular weight is 269 g/mol. The number of ether oxygens (including phenoxy) is 1. The van der Waals surface area contributed by atoms with Gasteiger partial charge in [0.2, 0.25) is 5.91 Å². The van der Waals surface area contributed by atoms with Gasteiger partial charge in [0.25, 0.3) is 0 Å². The molecule has 0 aliphatic carbocycles. The van der Waals surface area contributed by atoms with E-state index < -0.39 is 0 Å². The Morgan fingerprint density at radius 3 is 2.95 bits per heavy atom. The van der Waals surface area contributed by atoms with Gasteiger partial charge in [-0.2, -0.15) is 5.26 Å². The lowest BCUT2D eigenvalue weighted by atomic mass is 10.2. The van der Waals surface area contributed by atoms with Crippen molar-refractivity contribution in [1.29, 1.82) is 5.26 Å². The van der Waals surface area contributed by atoms with Gasteiger partial charge in [-0.3, -0.25) is 9.69 Å². The Kier molecular flexibility index (Phi) is 6.78. The first-order valence-electron chi connectivity index (χ1n) is 6.61. The molecule has 1 rings (SSSR count). The van der Waals surface area contributed by atoms with Crippen LogP contribution in [0.25, 0.3) is 0 Å². The standard InChI is InChI=1S/C13H23N3O3/c1-15(6-3-5-14)13(18)4-7-16-9-12(19-2)8-11(16)10-17/h11-12,17H,3-4,6-10H2,1-2H3/t11-,12-/m0/s1. The third-order valence-electron chi connectivity index (χ3n) is 3.63. The summed E-state index contributed by atoms with van der Waals surface area (Å²) in [6, 6.07) is 2.11. The number of nitriles is 1. The maximum absolute atomic E-state index is 11.8. The summed E-state index contributed by atoms with van der Waals surface area (Å²) in [4.78, 5) is 15.5. The monoisotopic (exact) mass is 269 g/mol. The molecule has 0 unspecified atom stereocenters. The van der Waals surface area contributed by atoms with E-state index in [0.29, 0.717) is 25.9 Å². The minimum atomic E-state index is 0.0350. The fourth-order valence-corrected chi connectivity index (χ4v) is 2.34. The highest BCUT2D eigenvalue weighted by Gasteiger charge is 2.31. The molecule has 1 aliphatic heterocycles. The summed E-state index contributed by atoms with van der Waals surface area (Å²) < 4.78 is 5.30. The van der Waals surface area contributed by atoms with Crippen LogP contribution < -0.4 is 0 Å². The second kappa shape index (κ2) is 8.10. The number of hydrogen-bond acceptors (Lipinski definition) is 5. The summed E-state index contributed by atoms with van der Waals surface area (Å²) in [7, 11) is 3.38. The van der Waals surface area contributed by atoms with Crippen molar-refractivity contribution in [2.45, 2.75) is 31.4 Å². The van der Waals surface area contributed by atoms with Crippen molar-refractivity contribution in [2.75, 3.05) is 40.4 Å². The Labute approximate surface area is 114 Å². The lowest BCUT2D eigenvalue weighted by Gasteiger charge is -2.23. The van der Waals surface area contributed by atoms with Crippen LogP contribution in [0.2, 0.25) is 0 Å². The second-order valence-corrected chi connectivity index (χ2v) is 4.90. The summed E-state index contributed by atoms with van der Waals surface area (Å²) in [5.41, 5.74) is 0. The summed E-state index contributed by atoms with van der Waals surface area (Å²) in [5.74, 6) is 0.0350. The molecular weight excluding hydrogens is 246 g/mol. The molecule has 1 saturated heterocycles. The molecule has 6 nitrogen and oxygen atoms in total. The Morgan fingerprint density at radius 2 is 2.37 bits per heavy atom. The lowest BCUT2D eigenvalue weighted by Crippen LogP contribution is -2.37. The van der Waals surface area contributed by atoms with E-state index in [1.165, 1.54) is 0 Å². The molecule has 0 saturated carbocycles. The molecule has 1 amide bonds. The molecular formula is C13H23N3O3. The van der Waals surface area contributed by atoms with E-state index in [-0.39, 0.29) is 24.7 Å². The second-order valence-electron chi connectivity index (χ2n) is 4.90. The zero-order valence-electron chi connectivity index (χ0n) is 11.7. The van der Waals surface area contributed by atoms with Gasteiger partial charge >= 0.3 is 0 Å². The fourth-order valence-electron chi connectivity index (χ4n) is 2.34. The smallest absolute Gasteiger partial charge is 0.223 e. The Morgan fingerprint density at radius 1 is 1.63 bits per heavy atom. The summed E-state index contributed by atoms with van der Waals surface area (Å²) >= 11 is 0. The number of amides is 1. The predicted octanol–water partition coefficient (Wildman–Crippen LogP) is -0.170. The topological polar surface area (TPSA) is 76.8 Å². The van der Waals surface area contributed by atoms with E-state index in [4.69, 9.17) is 10.00 Å². The highest BCUT2D eigenvalue weighted by atomic mass is 16.5. The number of carbonyl (C=O) groups excluding carboxylic acids is 1. The van der Waals surface area contributed by atoms with Crippen molar-refractivity contribution < 1.29 is 14.6 Å². The van der Waals surface area contributed by atoms with Gasteiger partial charge in [-0.25, -0.2) is 0 Å². The number of hydrogen-bond donors (Lipinski definition) is 1. The Hall–Kier alpha value is -1.16. The Balaban J connectivity index is 2.35. The average Bonchev–Trinajstić information content (AvgIpc) is 2.84. The lowest BCUT2D eigenvalue weighted by molar-refractivity contribution is -0.130. The van der Waals surface area contributed by atoms with Crippen molar-refractivity contribution in [3.05, 3.63) is 0 Å². The molecule has 19 heavy (non-hydrogen) atoms. The molecule has 108 valence electrons. The first kappa shape index (κ1) is 15.9. The normalized spacial score (nSPS) is 23.3. The first-order chi connectivity index (χ1) is 9.12. The van der Waals surface area contributed by atoms with Crippen LogP contribution in [-0.4, -0.2) is 73.4 Å². The zero-order chi connectivity index (χ0) is 14.3. The van der Waals surface area contributed by atoms with Crippen LogP contribution in [0.15, 0.2) is 0 Å². The fraction of sp³-hybridized carbons (Fsp3) is 0.846. The van der Waals surface area contributed by atoms with Crippen LogP contribution in [0.5, 0.6) is 0 Å². The molecule has 1 fully saturated rings. The maximum Gasteiger partial charge on any atom is 0.223 e. The van der Waals surface area contributed by atoms with E-state index in [1.54, 1.807) is 19.1 Å². The van der Waals surface area contributed by atoms with Crippen LogP contribution >= 0.6 is 0 Å². The van der Waals surface area contributed by atoms with Gasteiger partial charge in [-0.15, -0.1) is 0 Å². The number of carbonyl (C=O) groups is 1. The van der Waals surface area contributed by atoms with Crippen molar-refractivity contribution >= 4 is 5.91 Å². The van der Waals surface area contributed by atoms with E-state index in [9.17, 15) is 9.90 Å². The Bertz CT molecular complexity index is 330. The van der Waals surface area contributed by atoms with Gasteiger partial charge in [0.05, 0.1) is 25.2 Å². The first-order valence-corrected chi connectivity index (χ1v) is 6.61. The van der Waals surface area contributed by atoms with Gasteiger partial charge in [-0.1, -0.05) is 0 Å². The molecule has 0 aromatic heterocycles. The van der Waals surface area contributed by atoms with Crippen molar-refractivity contribution in [2.24, 2.45) is 0 Å². The number of aliphatic hydroxyl groups is 1. The van der Waals surface area contributed by atoms with E-state index in [1.807, 2.05) is 6.07 Å². The highest BCUT2D eigenvalue weighted by Crippen LogP contribution is 2.19. The van der Waals surface area contributed by atoms with Crippen molar-refractivity contribution in [3.8, 4) is 6.07 Å². The number of methoxy groups -OCH3 is 1. The molecule has 0 aromatic rings. The van der Waals surface area contributed by atoms with Crippen LogP contribution in [0.3, 0.4) is 0 Å². The van der Waals surface area contributed by atoms with Crippen LogP contribution in [0, 0.1) is 11.3 Å². The molecule has 0 radical (unpaired) electrons. The van der Waals surface area contributed by atoms with E-state index >= 15 is 0 Å². The molecule has 0 aromatic carbocycles. The van der Waals surface area contributed by atoms with Crippen molar-refractivity contribution in [1.82, 2.24) is 9.80 Å². The van der Waals surface area contributed by atoms with Gasteiger partial charge in [0.1, 0.15) is 0 Å². The van der Waals surface area contributed by atoms with Crippen molar-refractivity contribution in [3.63, 3.8) is 0 Å².